The van der Waals surface area contributed by atoms with Gasteiger partial charge in [-0.1, -0.05) is 18.2 Å². The Morgan fingerprint density at radius 3 is 2.55 bits per heavy atom. The molecule has 0 aliphatic rings. The summed E-state index contributed by atoms with van der Waals surface area (Å²) >= 11 is 5.22. The number of para-hydroxylation sites is 1. The normalized spacial score (nSPS) is 10.6. The number of nitrogens with one attached hydrogen (secondary N) is 2. The van der Waals surface area contributed by atoms with Crippen molar-refractivity contribution in [2.45, 2.75) is 6.61 Å². The van der Waals surface area contributed by atoms with Gasteiger partial charge in [0, 0.05) is 11.3 Å². The predicted octanol–water partition coefficient (Wildman–Crippen LogP) is 4.73. The van der Waals surface area contributed by atoms with E-state index in [0.29, 0.717) is 16.6 Å². The molecule has 0 aliphatic heterocycles. The van der Waals surface area contributed by atoms with Crippen molar-refractivity contribution in [2.24, 2.45) is 5.10 Å². The van der Waals surface area contributed by atoms with E-state index in [4.69, 9.17) is 21.7 Å². The summed E-state index contributed by atoms with van der Waals surface area (Å²) in [4.78, 5) is 0. The second-order valence-electron chi connectivity index (χ2n) is 6.00. The summed E-state index contributed by atoms with van der Waals surface area (Å²) in [5.41, 5.74) is 5.35. The lowest BCUT2D eigenvalue weighted by molar-refractivity contribution is 0.296. The van der Waals surface area contributed by atoms with E-state index < -0.39 is 0 Å². The van der Waals surface area contributed by atoms with Crippen LogP contribution in [0.4, 0.5) is 10.1 Å². The average Bonchev–Trinajstić information content (AvgIpc) is 2.74. The minimum atomic E-state index is -0.305. The van der Waals surface area contributed by atoms with Crippen molar-refractivity contribution < 1.29 is 13.9 Å². The molecule has 0 saturated carbocycles. The lowest BCUT2D eigenvalue weighted by Gasteiger charge is -2.11. The molecule has 0 aromatic heterocycles. The van der Waals surface area contributed by atoms with Crippen molar-refractivity contribution in [1.29, 1.82) is 0 Å². The maximum atomic E-state index is 13.0. The van der Waals surface area contributed by atoms with Gasteiger partial charge >= 0.3 is 0 Å². The maximum Gasteiger partial charge on any atom is 0.191 e. The van der Waals surface area contributed by atoms with Gasteiger partial charge in [-0.05, 0) is 72.4 Å². The van der Waals surface area contributed by atoms with Crippen molar-refractivity contribution in [3.63, 3.8) is 0 Å². The molecule has 7 heteroatoms. The van der Waals surface area contributed by atoms with Gasteiger partial charge in [0.25, 0.3) is 0 Å². The fourth-order valence-corrected chi connectivity index (χ4v) is 2.70. The van der Waals surface area contributed by atoms with Gasteiger partial charge in [-0.25, -0.2) is 4.39 Å². The Morgan fingerprint density at radius 1 is 1.07 bits per heavy atom. The third-order valence-electron chi connectivity index (χ3n) is 3.92. The van der Waals surface area contributed by atoms with Crippen LogP contribution in [-0.2, 0) is 6.61 Å². The van der Waals surface area contributed by atoms with Crippen LogP contribution in [0.2, 0.25) is 0 Å². The standard InChI is InChI=1S/C22H20FN3O2S/c1-27-21-12-7-16(13-17(21)15-28-20-10-8-18(23)9-11-20)14-24-26-22(29)25-19-5-3-2-4-6-19/h2-14H,15H2,1H3,(H2,25,26,29)/b24-14+. The molecule has 3 aromatic rings. The lowest BCUT2D eigenvalue weighted by Crippen LogP contribution is -2.23. The number of ether oxygens (including phenoxy) is 2. The number of halogens is 1. The van der Waals surface area contributed by atoms with Gasteiger partial charge in [-0.2, -0.15) is 5.10 Å². The number of hydrogen-bond donors (Lipinski definition) is 2. The largest absolute Gasteiger partial charge is 0.496 e. The number of anilines is 1. The van der Waals surface area contributed by atoms with E-state index in [9.17, 15) is 4.39 Å². The quantitative estimate of drug-likeness (QED) is 0.336. The highest BCUT2D eigenvalue weighted by Gasteiger charge is 2.06. The van der Waals surface area contributed by atoms with Crippen LogP contribution >= 0.6 is 12.2 Å². The van der Waals surface area contributed by atoms with Crippen LogP contribution in [0.25, 0.3) is 0 Å². The number of hydrogen-bond acceptors (Lipinski definition) is 4. The molecule has 0 amide bonds. The van der Waals surface area contributed by atoms with Crippen LogP contribution in [-0.4, -0.2) is 18.4 Å². The highest BCUT2D eigenvalue weighted by atomic mass is 32.1. The Bertz CT molecular complexity index is 979. The first kappa shape index (κ1) is 20.3. The number of methoxy groups -OCH3 is 1. The topological polar surface area (TPSA) is 54.9 Å². The van der Waals surface area contributed by atoms with Crippen molar-refractivity contribution in [2.75, 3.05) is 12.4 Å². The second kappa shape index (κ2) is 10.2. The molecule has 0 unspecified atom stereocenters. The second-order valence-corrected chi connectivity index (χ2v) is 6.41. The van der Waals surface area contributed by atoms with Crippen LogP contribution in [0.5, 0.6) is 11.5 Å². The van der Waals surface area contributed by atoms with E-state index in [0.717, 1.165) is 16.8 Å². The molecular formula is C22H20FN3O2S. The van der Waals surface area contributed by atoms with E-state index >= 15 is 0 Å². The van der Waals surface area contributed by atoms with Gasteiger partial charge in [0.1, 0.15) is 23.9 Å². The molecule has 148 valence electrons. The number of thiocarbonyl (C=S) groups is 1. The van der Waals surface area contributed by atoms with Gasteiger partial charge in [-0.3, -0.25) is 5.43 Å². The van der Waals surface area contributed by atoms with Crippen molar-refractivity contribution in [1.82, 2.24) is 5.43 Å². The molecule has 0 spiro atoms. The fraction of sp³-hybridized carbons (Fsp3) is 0.0909. The van der Waals surface area contributed by atoms with E-state index in [-0.39, 0.29) is 12.4 Å². The number of benzene rings is 3. The summed E-state index contributed by atoms with van der Waals surface area (Å²) in [6.07, 6.45) is 1.65. The highest BCUT2D eigenvalue weighted by Crippen LogP contribution is 2.22. The third-order valence-corrected chi connectivity index (χ3v) is 4.12. The molecule has 0 atom stereocenters. The van der Waals surface area contributed by atoms with Crippen LogP contribution in [0, 0.1) is 5.82 Å². The molecule has 3 rings (SSSR count). The summed E-state index contributed by atoms with van der Waals surface area (Å²) in [7, 11) is 1.60. The molecule has 0 heterocycles. The van der Waals surface area contributed by atoms with Crippen molar-refractivity contribution >= 4 is 29.2 Å². The van der Waals surface area contributed by atoms with Gasteiger partial charge in [-0.15, -0.1) is 0 Å². The molecule has 0 saturated heterocycles. The predicted molar refractivity (Wildman–Crippen MR) is 117 cm³/mol. The van der Waals surface area contributed by atoms with Crippen molar-refractivity contribution in [3.8, 4) is 11.5 Å². The van der Waals surface area contributed by atoms with Gasteiger partial charge in [0.15, 0.2) is 5.11 Å². The SMILES string of the molecule is COc1ccc(/C=N/NC(=S)Nc2ccccc2)cc1COc1ccc(F)cc1. The Labute approximate surface area is 174 Å². The first-order valence-corrected chi connectivity index (χ1v) is 9.25. The van der Waals surface area contributed by atoms with E-state index in [1.165, 1.54) is 12.1 Å². The number of nitrogens with zero attached hydrogens (tertiary/aromatic N) is 1. The van der Waals surface area contributed by atoms with Gasteiger partial charge < -0.3 is 14.8 Å². The zero-order valence-corrected chi connectivity index (χ0v) is 16.6. The van der Waals surface area contributed by atoms with Gasteiger partial charge in [0.05, 0.1) is 13.3 Å². The Hall–Kier alpha value is -3.45. The summed E-state index contributed by atoms with van der Waals surface area (Å²) in [5.74, 6) is 0.963. The zero-order valence-electron chi connectivity index (χ0n) is 15.8. The summed E-state index contributed by atoms with van der Waals surface area (Å²) in [6, 6.07) is 21.1. The molecule has 0 bridgehead atoms. The average molecular weight is 409 g/mol. The fourth-order valence-electron chi connectivity index (χ4n) is 2.53. The minimum absolute atomic E-state index is 0.276. The highest BCUT2D eigenvalue weighted by molar-refractivity contribution is 7.80. The summed E-state index contributed by atoms with van der Waals surface area (Å²) in [6.45, 7) is 0.276. The minimum Gasteiger partial charge on any atom is -0.496 e. The molecule has 0 fully saturated rings. The molecular weight excluding hydrogens is 389 g/mol. The number of rotatable bonds is 7. The molecule has 3 aromatic carbocycles. The van der Waals surface area contributed by atoms with Crippen LogP contribution in [0.15, 0.2) is 77.9 Å². The molecule has 29 heavy (non-hydrogen) atoms. The van der Waals surface area contributed by atoms with E-state index in [1.807, 2.05) is 48.5 Å². The van der Waals surface area contributed by atoms with Crippen LogP contribution < -0.4 is 20.2 Å². The first-order chi connectivity index (χ1) is 14.1. The molecule has 0 aliphatic carbocycles. The van der Waals surface area contributed by atoms with Gasteiger partial charge in [0.2, 0.25) is 0 Å². The monoisotopic (exact) mass is 409 g/mol. The van der Waals surface area contributed by atoms with Crippen molar-refractivity contribution in [3.05, 3.63) is 89.7 Å². The molecule has 0 radical (unpaired) electrons. The zero-order chi connectivity index (χ0) is 20.5. The summed E-state index contributed by atoms with van der Waals surface area (Å²) in [5, 5.41) is 7.59. The number of hydrazone groups is 1. The maximum absolute atomic E-state index is 13.0. The lowest BCUT2D eigenvalue weighted by atomic mass is 10.1. The summed E-state index contributed by atoms with van der Waals surface area (Å²) < 4.78 is 24.1. The third kappa shape index (κ3) is 6.29. The first-order valence-electron chi connectivity index (χ1n) is 8.84. The Morgan fingerprint density at radius 2 is 1.83 bits per heavy atom. The molecule has 2 N–H and O–H groups in total. The van der Waals surface area contributed by atoms with Crippen LogP contribution in [0.1, 0.15) is 11.1 Å². The smallest absolute Gasteiger partial charge is 0.191 e. The molecule has 5 nitrogen and oxygen atoms in total. The Kier molecular flexibility index (Phi) is 7.13. The van der Waals surface area contributed by atoms with Crippen LogP contribution in [0.3, 0.4) is 0 Å². The van der Waals surface area contributed by atoms with E-state index in [1.54, 1.807) is 25.5 Å². The van der Waals surface area contributed by atoms with E-state index in [2.05, 4.69) is 15.8 Å². The Balaban J connectivity index is 1.60.